The molecule has 0 aliphatic carbocycles. The van der Waals surface area contributed by atoms with Crippen molar-refractivity contribution in [1.82, 2.24) is 0 Å². The number of carboxylic acids is 1. The Morgan fingerprint density at radius 3 is 1.82 bits per heavy atom. The fraction of sp³-hybridized carbons (Fsp3) is 0.650. The van der Waals surface area contributed by atoms with Gasteiger partial charge < -0.3 is 9.90 Å². The van der Waals surface area contributed by atoms with Gasteiger partial charge in [0.15, 0.2) is 0 Å². The van der Waals surface area contributed by atoms with Gasteiger partial charge in [-0.25, -0.2) is 0 Å². The molecule has 0 aromatic heterocycles. The van der Waals surface area contributed by atoms with Gasteiger partial charge in [-0.1, -0.05) is 75.5 Å². The maximum atomic E-state index is 10.2. The number of aliphatic carboxylic acids is 1. The Balaban J connectivity index is 3.20. The highest BCUT2D eigenvalue weighted by molar-refractivity contribution is 5.63. The number of rotatable bonds is 15. The third-order valence-corrected chi connectivity index (χ3v) is 3.53. The van der Waals surface area contributed by atoms with Crippen molar-refractivity contribution >= 4 is 5.97 Å². The first kappa shape index (κ1) is 20.7. The number of unbranched alkanes of at least 4 members (excludes halogenated alkanes) is 7. The molecule has 0 aliphatic heterocycles. The second-order valence-electron chi connectivity index (χ2n) is 5.68. The van der Waals surface area contributed by atoms with E-state index in [9.17, 15) is 9.90 Å². The molecule has 2 heteroatoms. The molecule has 0 radical (unpaired) electrons. The average molecular weight is 305 g/mol. The Kier molecular flexibility index (Phi) is 16.7. The van der Waals surface area contributed by atoms with Crippen LogP contribution in [0.3, 0.4) is 0 Å². The van der Waals surface area contributed by atoms with Crippen LogP contribution in [-0.4, -0.2) is 5.97 Å². The van der Waals surface area contributed by atoms with Crippen LogP contribution in [-0.2, 0) is 4.79 Å². The van der Waals surface area contributed by atoms with Crippen LogP contribution in [0.15, 0.2) is 36.5 Å². The molecule has 0 N–H and O–H groups in total. The summed E-state index contributed by atoms with van der Waals surface area (Å²) in [6.07, 6.45) is 26.0. The zero-order valence-corrected chi connectivity index (χ0v) is 14.3. The highest BCUT2D eigenvalue weighted by Crippen LogP contribution is 2.09. The van der Waals surface area contributed by atoms with Crippen LogP contribution in [0.2, 0.25) is 0 Å². The summed E-state index contributed by atoms with van der Waals surface area (Å²) in [5, 5.41) is 10.2. The summed E-state index contributed by atoms with van der Waals surface area (Å²) >= 11 is 0. The number of allylic oxidation sites excluding steroid dienone is 6. The van der Waals surface area contributed by atoms with Gasteiger partial charge >= 0.3 is 0 Å². The van der Waals surface area contributed by atoms with Gasteiger partial charge in [0, 0.05) is 5.97 Å². The van der Waals surface area contributed by atoms with Crippen LogP contribution in [0.25, 0.3) is 0 Å². The molecule has 0 unspecified atom stereocenters. The highest BCUT2D eigenvalue weighted by Gasteiger charge is 1.92. The molecule has 22 heavy (non-hydrogen) atoms. The van der Waals surface area contributed by atoms with Gasteiger partial charge in [-0.2, -0.15) is 0 Å². The first-order valence-corrected chi connectivity index (χ1v) is 8.92. The van der Waals surface area contributed by atoms with Gasteiger partial charge in [-0.15, -0.1) is 0 Å². The van der Waals surface area contributed by atoms with Crippen molar-refractivity contribution in [3.8, 4) is 0 Å². The second kappa shape index (κ2) is 17.7. The lowest BCUT2D eigenvalue weighted by atomic mass is 10.1. The third-order valence-electron chi connectivity index (χ3n) is 3.53. The molecule has 126 valence electrons. The normalized spacial score (nSPS) is 12.0. The predicted octanol–water partition coefficient (Wildman–Crippen LogP) is 5.11. The summed E-state index contributed by atoms with van der Waals surface area (Å²) in [5.41, 5.74) is 0. The minimum Gasteiger partial charge on any atom is -0.550 e. The predicted molar refractivity (Wildman–Crippen MR) is 93.5 cm³/mol. The minimum absolute atomic E-state index is 0.216. The van der Waals surface area contributed by atoms with Crippen LogP contribution in [0.1, 0.15) is 84.0 Å². The van der Waals surface area contributed by atoms with Crippen molar-refractivity contribution in [3.63, 3.8) is 0 Å². The number of hydrogen-bond donors (Lipinski definition) is 0. The lowest BCUT2D eigenvalue weighted by Gasteiger charge is -2.02. The van der Waals surface area contributed by atoms with Gasteiger partial charge in [0.25, 0.3) is 0 Å². The monoisotopic (exact) mass is 305 g/mol. The van der Waals surface area contributed by atoms with Crippen LogP contribution < -0.4 is 5.11 Å². The molecule has 0 rings (SSSR count). The molecule has 0 aromatic carbocycles. The van der Waals surface area contributed by atoms with E-state index in [2.05, 4.69) is 43.4 Å². The van der Waals surface area contributed by atoms with Gasteiger partial charge in [-0.05, 0) is 44.9 Å². The van der Waals surface area contributed by atoms with Crippen molar-refractivity contribution in [3.05, 3.63) is 36.5 Å². The second-order valence-corrected chi connectivity index (χ2v) is 5.68. The largest absolute Gasteiger partial charge is 0.550 e. The summed E-state index contributed by atoms with van der Waals surface area (Å²) in [6, 6.07) is 0. The van der Waals surface area contributed by atoms with E-state index in [1.54, 1.807) is 0 Å². The van der Waals surface area contributed by atoms with E-state index >= 15 is 0 Å². The summed E-state index contributed by atoms with van der Waals surface area (Å²) < 4.78 is 0. The number of carbonyl (C=O) groups excluding carboxylic acids is 1. The zero-order valence-electron chi connectivity index (χ0n) is 14.3. The molecular weight excluding hydrogens is 272 g/mol. The molecule has 0 saturated carbocycles. The third kappa shape index (κ3) is 18.7. The van der Waals surface area contributed by atoms with E-state index < -0.39 is 5.97 Å². The Morgan fingerprint density at radius 1 is 0.727 bits per heavy atom. The fourth-order valence-electron chi connectivity index (χ4n) is 2.24. The smallest absolute Gasteiger partial charge is 0.0414 e. The number of hydrogen-bond acceptors (Lipinski definition) is 2. The van der Waals surface area contributed by atoms with Gasteiger partial charge in [0.05, 0.1) is 0 Å². The molecule has 0 amide bonds. The summed E-state index contributed by atoms with van der Waals surface area (Å²) in [5.74, 6) is -0.918. The van der Waals surface area contributed by atoms with Crippen LogP contribution in [0, 0.1) is 0 Å². The Morgan fingerprint density at radius 2 is 1.23 bits per heavy atom. The zero-order chi connectivity index (χ0) is 16.3. The summed E-state index contributed by atoms with van der Waals surface area (Å²) in [7, 11) is 0. The Hall–Kier alpha value is -1.31. The van der Waals surface area contributed by atoms with Gasteiger partial charge in [0.1, 0.15) is 0 Å². The van der Waals surface area contributed by atoms with Crippen molar-refractivity contribution in [2.45, 2.75) is 84.0 Å². The number of carbonyl (C=O) groups is 1. The Bertz CT molecular complexity index is 327. The highest BCUT2D eigenvalue weighted by atomic mass is 16.4. The molecule has 0 fully saturated rings. The molecular formula is C20H33O2-. The molecule has 0 bridgehead atoms. The van der Waals surface area contributed by atoms with Crippen molar-refractivity contribution in [2.24, 2.45) is 0 Å². The maximum Gasteiger partial charge on any atom is 0.0414 e. The molecule has 0 spiro atoms. The average Bonchev–Trinajstić information content (AvgIpc) is 2.50. The standard InChI is InChI=1S/C20H34O2/c1-2-3-4-5-6-7-8-9-10-11-12-13-14-15-16-17-18-19-20(21)22/h3-4,6-7,9-10H,2,5,8,11-19H2,1H3,(H,21,22)/p-1/b4-3-,7-6-,10-9-. The fourth-order valence-corrected chi connectivity index (χ4v) is 2.24. The number of carboxylic acid groups (broad SMARTS) is 1. The maximum absolute atomic E-state index is 10.2. The molecule has 0 atom stereocenters. The van der Waals surface area contributed by atoms with E-state index in [-0.39, 0.29) is 6.42 Å². The van der Waals surface area contributed by atoms with Crippen molar-refractivity contribution in [2.75, 3.05) is 0 Å². The first-order valence-electron chi connectivity index (χ1n) is 8.92. The molecule has 0 saturated heterocycles. The molecule has 2 nitrogen and oxygen atoms in total. The van der Waals surface area contributed by atoms with E-state index in [1.165, 1.54) is 32.1 Å². The van der Waals surface area contributed by atoms with Crippen molar-refractivity contribution < 1.29 is 9.90 Å². The SMILES string of the molecule is CC/C=C\C/C=C\C/C=C\CCCCCCCCCC(=O)[O-]. The van der Waals surface area contributed by atoms with Gasteiger partial charge in [-0.3, -0.25) is 0 Å². The topological polar surface area (TPSA) is 40.1 Å². The van der Waals surface area contributed by atoms with E-state index in [4.69, 9.17) is 0 Å². The molecule has 0 heterocycles. The van der Waals surface area contributed by atoms with E-state index in [1.807, 2.05) is 0 Å². The molecule has 0 aliphatic rings. The lowest BCUT2D eigenvalue weighted by Crippen LogP contribution is -2.21. The van der Waals surface area contributed by atoms with Gasteiger partial charge in [0.2, 0.25) is 0 Å². The van der Waals surface area contributed by atoms with Crippen LogP contribution in [0.5, 0.6) is 0 Å². The summed E-state index contributed by atoms with van der Waals surface area (Å²) in [6.45, 7) is 2.15. The minimum atomic E-state index is -0.918. The van der Waals surface area contributed by atoms with Crippen LogP contribution in [0.4, 0.5) is 0 Å². The molecule has 0 aromatic rings. The Labute approximate surface area is 137 Å². The first-order chi connectivity index (χ1) is 10.8. The summed E-state index contributed by atoms with van der Waals surface area (Å²) in [4.78, 5) is 10.2. The van der Waals surface area contributed by atoms with Crippen molar-refractivity contribution in [1.29, 1.82) is 0 Å². The van der Waals surface area contributed by atoms with Crippen LogP contribution >= 0.6 is 0 Å². The quantitative estimate of drug-likeness (QED) is 0.312. The lowest BCUT2D eigenvalue weighted by molar-refractivity contribution is -0.305. The van der Waals surface area contributed by atoms with E-state index in [0.717, 1.165) is 38.5 Å². The van der Waals surface area contributed by atoms with E-state index in [0.29, 0.717) is 0 Å².